The number of aromatic amines is 1. The molecule has 0 unspecified atom stereocenters. The monoisotopic (exact) mass is 356 g/mol. The van der Waals surface area contributed by atoms with Crippen LogP contribution in [0.1, 0.15) is 20.7 Å². The number of benzene rings is 2. The lowest BCUT2D eigenvalue weighted by Gasteiger charge is -2.05. The number of rotatable bonds is 4. The molecule has 6 nitrogen and oxygen atoms in total. The first kappa shape index (κ1) is 16.7. The molecule has 7 heteroatoms. The van der Waals surface area contributed by atoms with E-state index >= 15 is 0 Å². The van der Waals surface area contributed by atoms with Crippen molar-refractivity contribution < 1.29 is 19.1 Å². The third-order valence-electron chi connectivity index (χ3n) is 3.66. The van der Waals surface area contributed by atoms with Gasteiger partial charge in [-0.15, -0.1) is 0 Å². The lowest BCUT2D eigenvalue weighted by atomic mass is 10.1. The minimum absolute atomic E-state index is 0.260. The molecule has 1 heterocycles. The number of hydrogen-bond acceptors (Lipinski definition) is 4. The van der Waals surface area contributed by atoms with Crippen LogP contribution in [-0.2, 0) is 9.53 Å². The first-order chi connectivity index (χ1) is 12.0. The fraction of sp³-hybridized carbons (Fsp3) is 0.0556. The summed E-state index contributed by atoms with van der Waals surface area (Å²) in [5, 5.41) is 3.66. The number of esters is 1. The van der Waals surface area contributed by atoms with Gasteiger partial charge in [0.1, 0.15) is 0 Å². The van der Waals surface area contributed by atoms with Crippen LogP contribution in [0, 0.1) is 0 Å². The van der Waals surface area contributed by atoms with Crippen LogP contribution >= 0.6 is 11.6 Å². The molecule has 0 atom stereocenters. The molecule has 126 valence electrons. The topological polar surface area (TPSA) is 88.3 Å². The van der Waals surface area contributed by atoms with Gasteiger partial charge >= 0.3 is 5.97 Å². The highest BCUT2D eigenvalue weighted by molar-refractivity contribution is 6.48. The van der Waals surface area contributed by atoms with E-state index in [1.807, 2.05) is 0 Å². The number of anilines is 1. The average Bonchev–Trinajstić information content (AvgIpc) is 3.03. The van der Waals surface area contributed by atoms with E-state index in [4.69, 9.17) is 11.6 Å². The molecular formula is C18H13ClN2O4. The molecule has 1 aromatic heterocycles. The number of ether oxygens (including phenoxy) is 1. The molecular weight excluding hydrogens is 344 g/mol. The Morgan fingerprint density at radius 1 is 1.08 bits per heavy atom. The van der Waals surface area contributed by atoms with Crippen molar-refractivity contribution >= 4 is 45.9 Å². The normalized spacial score (nSPS) is 10.5. The predicted octanol–water partition coefficient (Wildman–Crippen LogP) is 3.43. The maximum Gasteiger partial charge on any atom is 0.337 e. The van der Waals surface area contributed by atoms with Crippen LogP contribution in [0.2, 0.25) is 5.02 Å². The van der Waals surface area contributed by atoms with E-state index in [0.717, 1.165) is 0 Å². The second-order valence-electron chi connectivity index (χ2n) is 5.24. The van der Waals surface area contributed by atoms with Crippen LogP contribution in [0.3, 0.4) is 0 Å². The van der Waals surface area contributed by atoms with E-state index in [1.54, 1.807) is 18.2 Å². The Balaban J connectivity index is 1.78. The van der Waals surface area contributed by atoms with Gasteiger partial charge in [-0.05, 0) is 36.4 Å². The molecule has 0 saturated carbocycles. The fourth-order valence-corrected chi connectivity index (χ4v) is 2.58. The van der Waals surface area contributed by atoms with Gasteiger partial charge in [0.05, 0.1) is 18.2 Å². The molecule has 25 heavy (non-hydrogen) atoms. The summed E-state index contributed by atoms with van der Waals surface area (Å²) in [4.78, 5) is 38.9. The van der Waals surface area contributed by atoms with Crippen molar-refractivity contribution in [2.24, 2.45) is 0 Å². The Morgan fingerprint density at radius 2 is 1.80 bits per heavy atom. The third kappa shape index (κ3) is 3.39. The highest BCUT2D eigenvalue weighted by atomic mass is 35.5. The zero-order chi connectivity index (χ0) is 18.0. The number of carbonyl (C=O) groups is 3. The number of carbonyl (C=O) groups excluding carboxylic acids is 3. The molecule has 0 radical (unpaired) electrons. The molecule has 0 fully saturated rings. The highest BCUT2D eigenvalue weighted by Crippen LogP contribution is 2.22. The first-order valence-electron chi connectivity index (χ1n) is 7.30. The van der Waals surface area contributed by atoms with E-state index in [0.29, 0.717) is 27.2 Å². The molecule has 0 aliphatic rings. The largest absolute Gasteiger partial charge is 0.465 e. The van der Waals surface area contributed by atoms with E-state index in [9.17, 15) is 14.4 Å². The van der Waals surface area contributed by atoms with Crippen LogP contribution in [0.4, 0.5) is 5.69 Å². The van der Waals surface area contributed by atoms with Crippen molar-refractivity contribution in [2.45, 2.75) is 0 Å². The van der Waals surface area contributed by atoms with Gasteiger partial charge in [-0.1, -0.05) is 17.7 Å². The van der Waals surface area contributed by atoms with Crippen LogP contribution in [0.5, 0.6) is 0 Å². The highest BCUT2D eigenvalue weighted by Gasteiger charge is 2.20. The average molecular weight is 357 g/mol. The van der Waals surface area contributed by atoms with E-state index in [1.165, 1.54) is 37.6 Å². The number of nitrogens with one attached hydrogen (secondary N) is 2. The maximum absolute atomic E-state index is 12.4. The van der Waals surface area contributed by atoms with Gasteiger partial charge in [0, 0.05) is 27.8 Å². The Bertz CT molecular complexity index is 976. The fourth-order valence-electron chi connectivity index (χ4n) is 2.40. The van der Waals surface area contributed by atoms with Crippen molar-refractivity contribution in [2.75, 3.05) is 12.4 Å². The molecule has 0 aliphatic carbocycles. The van der Waals surface area contributed by atoms with E-state index in [-0.39, 0.29) is 5.56 Å². The number of Topliss-reactive ketones (excluding diaryl/α,β-unsaturated/α-hetero) is 1. The summed E-state index contributed by atoms with van der Waals surface area (Å²) < 4.78 is 4.60. The molecule has 3 rings (SSSR count). The van der Waals surface area contributed by atoms with Gasteiger partial charge in [-0.25, -0.2) is 4.79 Å². The number of hydrogen-bond donors (Lipinski definition) is 2. The summed E-state index contributed by atoms with van der Waals surface area (Å²) in [5.41, 5.74) is 1.68. The minimum atomic E-state index is -0.776. The summed E-state index contributed by atoms with van der Waals surface area (Å²) in [6.07, 6.45) is 1.48. The van der Waals surface area contributed by atoms with Gasteiger partial charge in [0.25, 0.3) is 11.7 Å². The van der Waals surface area contributed by atoms with Crippen molar-refractivity contribution in [3.05, 3.63) is 64.8 Å². The third-order valence-corrected chi connectivity index (χ3v) is 3.89. The predicted molar refractivity (Wildman–Crippen MR) is 94.1 cm³/mol. The molecule has 0 spiro atoms. The van der Waals surface area contributed by atoms with Gasteiger partial charge in [-0.2, -0.15) is 0 Å². The number of methoxy groups -OCH3 is 1. The van der Waals surface area contributed by atoms with Gasteiger partial charge in [0.2, 0.25) is 0 Å². The summed E-state index contributed by atoms with van der Waals surface area (Å²) in [7, 11) is 1.28. The SMILES string of the molecule is COC(=O)c1ccc(NC(=O)C(=O)c2c[nH]c3cc(Cl)ccc23)cc1. The van der Waals surface area contributed by atoms with Crippen LogP contribution < -0.4 is 5.32 Å². The van der Waals surface area contributed by atoms with Crippen LogP contribution in [0.15, 0.2) is 48.7 Å². The minimum Gasteiger partial charge on any atom is -0.465 e. The Kier molecular flexibility index (Phi) is 4.54. The summed E-state index contributed by atoms with van der Waals surface area (Å²) >= 11 is 5.91. The number of aromatic nitrogens is 1. The molecule has 2 aromatic carbocycles. The number of halogens is 1. The van der Waals surface area contributed by atoms with Crippen molar-refractivity contribution in [3.8, 4) is 0 Å². The van der Waals surface area contributed by atoms with E-state index in [2.05, 4.69) is 15.0 Å². The molecule has 3 aromatic rings. The number of ketones is 1. The zero-order valence-corrected chi connectivity index (χ0v) is 13.9. The summed E-state index contributed by atoms with van der Waals surface area (Å²) in [5.74, 6) is -1.93. The van der Waals surface area contributed by atoms with Gasteiger partial charge in [0.15, 0.2) is 0 Å². The van der Waals surface area contributed by atoms with Crippen molar-refractivity contribution in [3.63, 3.8) is 0 Å². The van der Waals surface area contributed by atoms with Gasteiger partial charge < -0.3 is 15.0 Å². The van der Waals surface area contributed by atoms with Crippen molar-refractivity contribution in [1.82, 2.24) is 4.98 Å². The standard InChI is InChI=1S/C18H13ClN2O4/c1-25-18(24)10-2-5-12(6-3-10)21-17(23)16(22)14-9-20-15-8-11(19)4-7-13(14)15/h2-9,20H,1H3,(H,21,23). The summed E-state index contributed by atoms with van der Waals surface area (Å²) in [6, 6.07) is 11.0. The van der Waals surface area contributed by atoms with Crippen molar-refractivity contribution in [1.29, 1.82) is 0 Å². The Labute approximate surface area is 147 Å². The molecule has 0 aliphatic heterocycles. The molecule has 0 bridgehead atoms. The van der Waals surface area contributed by atoms with E-state index < -0.39 is 17.7 Å². The number of H-pyrrole nitrogens is 1. The Morgan fingerprint density at radius 3 is 2.48 bits per heavy atom. The molecule has 0 saturated heterocycles. The lowest BCUT2D eigenvalue weighted by molar-refractivity contribution is -0.112. The second kappa shape index (κ2) is 6.78. The lowest BCUT2D eigenvalue weighted by Crippen LogP contribution is -2.22. The molecule has 1 amide bonds. The van der Waals surface area contributed by atoms with Crippen LogP contribution in [0.25, 0.3) is 10.9 Å². The number of amides is 1. The quantitative estimate of drug-likeness (QED) is 0.426. The molecule has 2 N–H and O–H groups in total. The number of fused-ring (bicyclic) bond motifs is 1. The van der Waals surface area contributed by atoms with Crippen LogP contribution in [-0.4, -0.2) is 29.8 Å². The summed E-state index contributed by atoms with van der Waals surface area (Å²) in [6.45, 7) is 0. The van der Waals surface area contributed by atoms with Gasteiger partial charge in [-0.3, -0.25) is 9.59 Å². The maximum atomic E-state index is 12.4. The second-order valence-corrected chi connectivity index (χ2v) is 5.68. The zero-order valence-electron chi connectivity index (χ0n) is 13.1. The Hall–Kier alpha value is -3.12. The first-order valence-corrected chi connectivity index (χ1v) is 7.68. The smallest absolute Gasteiger partial charge is 0.337 e.